The Morgan fingerprint density at radius 1 is 1.14 bits per heavy atom. The van der Waals surface area contributed by atoms with Gasteiger partial charge in [0.15, 0.2) is 5.11 Å². The van der Waals surface area contributed by atoms with Crippen molar-refractivity contribution in [1.29, 1.82) is 0 Å². The van der Waals surface area contributed by atoms with Gasteiger partial charge in [-0.1, -0.05) is 23.7 Å². The van der Waals surface area contributed by atoms with Crippen molar-refractivity contribution in [2.45, 2.75) is 6.61 Å². The maximum atomic E-state index is 13.5. The van der Waals surface area contributed by atoms with Crippen LogP contribution in [0.5, 0.6) is 5.75 Å². The molecule has 0 saturated carbocycles. The van der Waals surface area contributed by atoms with E-state index < -0.39 is 12.4 Å². The fraction of sp³-hybridized carbons (Fsp3) is 0.0714. The molecular weight excluding hydrogens is 337 g/mol. The second kappa shape index (κ2) is 7.33. The number of thiocarbonyl (C=S) groups is 1. The van der Waals surface area contributed by atoms with E-state index in [0.717, 1.165) is 0 Å². The first kappa shape index (κ1) is 16.4. The van der Waals surface area contributed by atoms with Crippen LogP contribution in [0.15, 0.2) is 42.5 Å². The van der Waals surface area contributed by atoms with Gasteiger partial charge in [0.25, 0.3) is 0 Å². The van der Waals surface area contributed by atoms with Gasteiger partial charge in [-0.2, -0.15) is 8.78 Å². The minimum atomic E-state index is -2.96. The van der Waals surface area contributed by atoms with Crippen LogP contribution in [-0.2, 0) is 0 Å². The molecular formula is C14H10ClF3N2OS. The molecule has 22 heavy (non-hydrogen) atoms. The van der Waals surface area contributed by atoms with Crippen molar-refractivity contribution in [3.63, 3.8) is 0 Å². The Balaban J connectivity index is 2.03. The number of benzene rings is 2. The minimum Gasteiger partial charge on any atom is -0.433 e. The third-order valence-electron chi connectivity index (χ3n) is 2.53. The standard InChI is InChI=1S/C14H10ClF3N2OS/c15-9-7-8(5-6-12(9)21-13(17)18)19-14(22)20-11-4-2-1-3-10(11)16/h1-7,13H,(H2,19,20,22). The smallest absolute Gasteiger partial charge is 0.387 e. The highest BCUT2D eigenvalue weighted by Crippen LogP contribution is 2.29. The van der Waals surface area contributed by atoms with Crippen LogP contribution in [0.3, 0.4) is 0 Å². The lowest BCUT2D eigenvalue weighted by Crippen LogP contribution is -2.19. The highest BCUT2D eigenvalue weighted by molar-refractivity contribution is 7.80. The Morgan fingerprint density at radius 2 is 1.86 bits per heavy atom. The van der Waals surface area contributed by atoms with Gasteiger partial charge >= 0.3 is 6.61 Å². The maximum Gasteiger partial charge on any atom is 0.387 e. The minimum absolute atomic E-state index is 0.000934. The number of anilines is 2. The number of hydrogen-bond donors (Lipinski definition) is 2. The molecule has 116 valence electrons. The summed E-state index contributed by atoms with van der Waals surface area (Å²) in [6.45, 7) is -2.96. The summed E-state index contributed by atoms with van der Waals surface area (Å²) in [7, 11) is 0. The Hall–Kier alpha value is -1.99. The van der Waals surface area contributed by atoms with E-state index in [-0.39, 0.29) is 21.6 Å². The van der Waals surface area contributed by atoms with Crippen molar-refractivity contribution in [2.24, 2.45) is 0 Å². The van der Waals surface area contributed by atoms with E-state index >= 15 is 0 Å². The summed E-state index contributed by atoms with van der Waals surface area (Å²) < 4.78 is 42.0. The first-order valence-electron chi connectivity index (χ1n) is 6.02. The number of rotatable bonds is 4. The molecule has 0 amide bonds. The van der Waals surface area contributed by atoms with E-state index in [2.05, 4.69) is 15.4 Å². The number of alkyl halides is 2. The van der Waals surface area contributed by atoms with Gasteiger partial charge in [-0.25, -0.2) is 4.39 Å². The molecule has 0 aliphatic heterocycles. The molecule has 2 aromatic rings. The lowest BCUT2D eigenvalue weighted by atomic mass is 10.3. The summed E-state index contributed by atoms with van der Waals surface area (Å²) in [6.07, 6.45) is 0. The summed E-state index contributed by atoms with van der Waals surface area (Å²) >= 11 is 10.9. The summed E-state index contributed by atoms with van der Waals surface area (Å²) in [5, 5.41) is 5.57. The molecule has 2 rings (SSSR count). The fourth-order valence-electron chi connectivity index (χ4n) is 1.62. The van der Waals surface area contributed by atoms with Crippen molar-refractivity contribution in [2.75, 3.05) is 10.6 Å². The lowest BCUT2D eigenvalue weighted by Gasteiger charge is -2.12. The molecule has 0 aliphatic carbocycles. The van der Waals surface area contributed by atoms with Crippen LogP contribution in [0.1, 0.15) is 0 Å². The van der Waals surface area contributed by atoms with Crippen molar-refractivity contribution in [1.82, 2.24) is 0 Å². The van der Waals surface area contributed by atoms with Gasteiger partial charge in [-0.05, 0) is 42.5 Å². The van der Waals surface area contributed by atoms with Gasteiger partial charge < -0.3 is 15.4 Å². The zero-order valence-electron chi connectivity index (χ0n) is 10.9. The highest BCUT2D eigenvalue weighted by atomic mass is 35.5. The summed E-state index contributed by atoms with van der Waals surface area (Å²) in [6, 6.07) is 10.1. The summed E-state index contributed by atoms with van der Waals surface area (Å²) in [4.78, 5) is 0. The average molecular weight is 347 g/mol. The summed E-state index contributed by atoms with van der Waals surface area (Å²) in [5.41, 5.74) is 0.657. The average Bonchev–Trinajstić information content (AvgIpc) is 2.44. The molecule has 0 atom stereocenters. The van der Waals surface area contributed by atoms with Crippen molar-refractivity contribution in [3.8, 4) is 5.75 Å². The van der Waals surface area contributed by atoms with Crippen LogP contribution < -0.4 is 15.4 Å². The van der Waals surface area contributed by atoms with Gasteiger partial charge in [0.05, 0.1) is 10.7 Å². The van der Waals surface area contributed by atoms with E-state index in [1.165, 1.54) is 30.3 Å². The predicted molar refractivity (Wildman–Crippen MR) is 84.3 cm³/mol. The van der Waals surface area contributed by atoms with Gasteiger partial charge in [0, 0.05) is 5.69 Å². The molecule has 2 aromatic carbocycles. The number of para-hydroxylation sites is 1. The van der Waals surface area contributed by atoms with Crippen LogP contribution in [0.25, 0.3) is 0 Å². The maximum absolute atomic E-state index is 13.5. The number of nitrogens with one attached hydrogen (secondary N) is 2. The van der Waals surface area contributed by atoms with Crippen LogP contribution in [0, 0.1) is 5.82 Å². The van der Waals surface area contributed by atoms with Crippen LogP contribution >= 0.6 is 23.8 Å². The molecule has 0 bridgehead atoms. The zero-order valence-corrected chi connectivity index (χ0v) is 12.5. The first-order chi connectivity index (χ1) is 10.5. The molecule has 0 fully saturated rings. The predicted octanol–water partition coefficient (Wildman–Crippen LogP) is 4.89. The Labute approximate surface area is 135 Å². The molecule has 0 heterocycles. The van der Waals surface area contributed by atoms with E-state index in [1.807, 2.05) is 0 Å². The van der Waals surface area contributed by atoms with Crippen LogP contribution in [-0.4, -0.2) is 11.7 Å². The molecule has 0 unspecified atom stereocenters. The van der Waals surface area contributed by atoms with Gasteiger partial charge in [0.1, 0.15) is 11.6 Å². The Kier molecular flexibility index (Phi) is 5.46. The topological polar surface area (TPSA) is 33.3 Å². The normalized spacial score (nSPS) is 10.4. The summed E-state index contributed by atoms with van der Waals surface area (Å²) in [5.74, 6) is -0.597. The van der Waals surface area contributed by atoms with Crippen molar-refractivity contribution < 1.29 is 17.9 Å². The molecule has 0 radical (unpaired) electrons. The van der Waals surface area contributed by atoms with Crippen molar-refractivity contribution in [3.05, 3.63) is 53.3 Å². The molecule has 0 aliphatic rings. The van der Waals surface area contributed by atoms with Gasteiger partial charge in [0.2, 0.25) is 0 Å². The second-order valence-electron chi connectivity index (χ2n) is 4.08. The number of hydrogen-bond acceptors (Lipinski definition) is 2. The quantitative estimate of drug-likeness (QED) is 0.772. The third-order valence-corrected chi connectivity index (χ3v) is 3.03. The van der Waals surface area contributed by atoms with E-state index in [4.69, 9.17) is 23.8 Å². The van der Waals surface area contributed by atoms with E-state index in [0.29, 0.717) is 5.69 Å². The molecule has 8 heteroatoms. The molecule has 0 saturated heterocycles. The highest BCUT2D eigenvalue weighted by Gasteiger charge is 2.10. The van der Waals surface area contributed by atoms with Crippen LogP contribution in [0.2, 0.25) is 5.02 Å². The fourth-order valence-corrected chi connectivity index (χ4v) is 2.07. The van der Waals surface area contributed by atoms with Crippen molar-refractivity contribution >= 4 is 40.3 Å². The third kappa shape index (κ3) is 4.51. The van der Waals surface area contributed by atoms with E-state index in [1.54, 1.807) is 12.1 Å². The van der Waals surface area contributed by atoms with Gasteiger partial charge in [-0.15, -0.1) is 0 Å². The first-order valence-corrected chi connectivity index (χ1v) is 6.81. The molecule has 0 spiro atoms. The van der Waals surface area contributed by atoms with E-state index in [9.17, 15) is 13.2 Å². The monoisotopic (exact) mass is 346 g/mol. The number of halogens is 4. The Bertz CT molecular complexity index is 685. The Morgan fingerprint density at radius 3 is 2.50 bits per heavy atom. The zero-order chi connectivity index (χ0) is 16.1. The molecule has 0 aromatic heterocycles. The molecule has 2 N–H and O–H groups in total. The molecule has 3 nitrogen and oxygen atoms in total. The largest absolute Gasteiger partial charge is 0.433 e. The second-order valence-corrected chi connectivity index (χ2v) is 4.90. The number of ether oxygens (including phenoxy) is 1. The SMILES string of the molecule is Fc1ccccc1NC(=S)Nc1ccc(OC(F)F)c(Cl)c1. The lowest BCUT2D eigenvalue weighted by molar-refractivity contribution is -0.0497. The van der Waals surface area contributed by atoms with Crippen LogP contribution in [0.4, 0.5) is 24.5 Å². The van der Waals surface area contributed by atoms with Gasteiger partial charge in [-0.3, -0.25) is 0 Å².